The predicted molar refractivity (Wildman–Crippen MR) is 65.6 cm³/mol. The maximum atomic E-state index is 11.4. The zero-order valence-electron chi connectivity index (χ0n) is 9.41. The maximum absolute atomic E-state index is 11.4. The first-order chi connectivity index (χ1) is 8.39. The van der Waals surface area contributed by atoms with E-state index in [2.05, 4.69) is 10.4 Å². The summed E-state index contributed by atoms with van der Waals surface area (Å²) in [6.07, 6.45) is 0. The summed E-state index contributed by atoms with van der Waals surface area (Å²) in [4.78, 5) is 10.7. The van der Waals surface area contributed by atoms with Crippen LogP contribution in [0.15, 0.2) is 40.0 Å². The molecule has 96 valence electrons. The fourth-order valence-corrected chi connectivity index (χ4v) is 2.27. The van der Waals surface area contributed by atoms with Crippen molar-refractivity contribution in [1.82, 2.24) is 9.78 Å². The van der Waals surface area contributed by atoms with Crippen molar-refractivity contribution >= 4 is 21.6 Å². The molecule has 3 N–H and O–H groups in total. The van der Waals surface area contributed by atoms with Crippen molar-refractivity contribution in [2.45, 2.75) is 4.90 Å². The van der Waals surface area contributed by atoms with Crippen LogP contribution in [0.2, 0.25) is 0 Å². The second-order valence-corrected chi connectivity index (χ2v) is 5.00. The highest BCUT2D eigenvalue weighted by Crippen LogP contribution is 2.20. The zero-order valence-corrected chi connectivity index (χ0v) is 10.2. The number of hydrogen-bond donors (Lipinski definition) is 3. The van der Waals surface area contributed by atoms with Gasteiger partial charge in [0.05, 0.1) is 0 Å². The van der Waals surface area contributed by atoms with Crippen LogP contribution in [-0.2, 0) is 17.2 Å². The van der Waals surface area contributed by atoms with Gasteiger partial charge >= 0.3 is 10.1 Å². The molecule has 7 nitrogen and oxygen atoms in total. The summed E-state index contributed by atoms with van der Waals surface area (Å²) in [6, 6.07) is 8.70. The first-order valence-electron chi connectivity index (χ1n) is 4.98. The molecule has 0 fully saturated rings. The van der Waals surface area contributed by atoms with Gasteiger partial charge in [-0.25, -0.2) is 0 Å². The average molecular weight is 269 g/mol. The first-order valence-corrected chi connectivity index (χ1v) is 6.42. The lowest BCUT2D eigenvalue weighted by atomic mass is 10.3. The van der Waals surface area contributed by atoms with E-state index in [4.69, 9.17) is 4.55 Å². The number of aromatic nitrogens is 2. The lowest BCUT2D eigenvalue weighted by Crippen LogP contribution is -2.12. The van der Waals surface area contributed by atoms with Gasteiger partial charge in [-0.05, 0) is 12.1 Å². The van der Waals surface area contributed by atoms with Gasteiger partial charge in [0, 0.05) is 12.7 Å². The van der Waals surface area contributed by atoms with Crippen LogP contribution in [0.5, 0.6) is 0 Å². The molecular weight excluding hydrogens is 258 g/mol. The van der Waals surface area contributed by atoms with E-state index in [0.29, 0.717) is 5.69 Å². The van der Waals surface area contributed by atoms with E-state index in [0.717, 1.165) is 0 Å². The van der Waals surface area contributed by atoms with Crippen LogP contribution in [-0.4, -0.2) is 22.8 Å². The van der Waals surface area contributed by atoms with Crippen LogP contribution in [0.1, 0.15) is 0 Å². The Balaban J connectivity index is 2.55. The largest absolute Gasteiger partial charge is 0.339 e. The van der Waals surface area contributed by atoms with Crippen LogP contribution in [0.4, 0.5) is 11.5 Å². The van der Waals surface area contributed by atoms with Crippen molar-refractivity contribution in [2.75, 3.05) is 5.32 Å². The minimum Gasteiger partial charge on any atom is -0.339 e. The Morgan fingerprint density at radius 1 is 1.28 bits per heavy atom. The molecule has 1 aromatic carbocycles. The number of para-hydroxylation sites is 1. The van der Waals surface area contributed by atoms with E-state index in [9.17, 15) is 13.2 Å². The number of H-pyrrole nitrogens is 1. The number of rotatable bonds is 3. The Hall–Kier alpha value is -2.06. The normalized spacial score (nSPS) is 11.4. The van der Waals surface area contributed by atoms with E-state index in [1.165, 1.54) is 11.7 Å². The summed E-state index contributed by atoms with van der Waals surface area (Å²) in [7, 11) is -3.13. The Morgan fingerprint density at radius 3 is 2.44 bits per heavy atom. The number of nitrogens with zero attached hydrogens (tertiary/aromatic N) is 1. The van der Waals surface area contributed by atoms with Gasteiger partial charge in [0.2, 0.25) is 4.90 Å². The van der Waals surface area contributed by atoms with Gasteiger partial charge in [-0.1, -0.05) is 18.2 Å². The van der Waals surface area contributed by atoms with Crippen molar-refractivity contribution < 1.29 is 13.0 Å². The summed E-state index contributed by atoms with van der Waals surface area (Å²) >= 11 is 0. The van der Waals surface area contributed by atoms with Crippen LogP contribution < -0.4 is 10.9 Å². The van der Waals surface area contributed by atoms with Crippen LogP contribution in [0, 0.1) is 0 Å². The molecule has 8 heteroatoms. The summed E-state index contributed by atoms with van der Waals surface area (Å²) in [6.45, 7) is 0. The second kappa shape index (κ2) is 4.31. The lowest BCUT2D eigenvalue weighted by Gasteiger charge is -2.07. The summed E-state index contributed by atoms with van der Waals surface area (Å²) in [5.74, 6) is -0.0197. The number of aromatic amines is 1. The quantitative estimate of drug-likeness (QED) is 0.712. The number of anilines is 2. The summed E-state index contributed by atoms with van der Waals surface area (Å²) in [5, 5.41) is 5.02. The molecule has 0 aliphatic heterocycles. The molecule has 0 saturated carbocycles. The standard InChI is InChI=1S/C10H11N3O4S/c1-13-9(11-7-5-3-2-4-6-7)8(10(14)12-13)18(15,16)17/h2-6,11H,1H3,(H,12,14)(H,15,16,17). The zero-order chi connectivity index (χ0) is 13.3. The Kier molecular flexibility index (Phi) is 2.97. The first kappa shape index (κ1) is 12.4. The number of aryl methyl sites for hydroxylation is 1. The van der Waals surface area contributed by atoms with Crippen molar-refractivity contribution in [3.8, 4) is 0 Å². The van der Waals surface area contributed by atoms with Gasteiger partial charge < -0.3 is 5.32 Å². The molecule has 2 rings (SSSR count). The smallest absolute Gasteiger partial charge is 0.303 e. The van der Waals surface area contributed by atoms with Gasteiger partial charge in [0.1, 0.15) is 0 Å². The number of nitrogens with one attached hydrogen (secondary N) is 2. The van der Waals surface area contributed by atoms with Crippen molar-refractivity contribution in [2.24, 2.45) is 7.05 Å². The molecule has 1 aromatic heterocycles. The second-order valence-electron chi connectivity index (χ2n) is 3.64. The number of hydrogen-bond acceptors (Lipinski definition) is 4. The highest BCUT2D eigenvalue weighted by atomic mass is 32.2. The Bertz CT molecular complexity index is 715. The predicted octanol–water partition coefficient (Wildman–Crippen LogP) is 0.704. The monoisotopic (exact) mass is 269 g/mol. The molecule has 0 atom stereocenters. The highest BCUT2D eigenvalue weighted by molar-refractivity contribution is 7.86. The molecule has 0 aliphatic carbocycles. The van der Waals surface area contributed by atoms with Gasteiger partial charge in [0.25, 0.3) is 5.56 Å². The third-order valence-corrected chi connectivity index (χ3v) is 3.22. The molecular formula is C10H11N3O4S. The molecule has 0 amide bonds. The number of benzene rings is 1. The van der Waals surface area contributed by atoms with Gasteiger partial charge in [-0.15, -0.1) is 0 Å². The third-order valence-electron chi connectivity index (χ3n) is 2.32. The molecule has 18 heavy (non-hydrogen) atoms. The van der Waals surface area contributed by atoms with Gasteiger partial charge in [-0.3, -0.25) is 19.1 Å². The van der Waals surface area contributed by atoms with Crippen molar-refractivity contribution in [3.63, 3.8) is 0 Å². The average Bonchev–Trinajstić information content (AvgIpc) is 2.54. The molecule has 0 saturated heterocycles. The Labute approximate surface area is 103 Å². The molecule has 0 spiro atoms. The molecule has 2 aromatic rings. The fraction of sp³-hybridized carbons (Fsp3) is 0.100. The van der Waals surface area contributed by atoms with Gasteiger partial charge in [-0.2, -0.15) is 8.42 Å². The fourth-order valence-electron chi connectivity index (χ4n) is 1.56. The summed E-state index contributed by atoms with van der Waals surface area (Å²) in [5.41, 5.74) is -0.282. The van der Waals surface area contributed by atoms with Crippen LogP contribution >= 0.6 is 0 Å². The van der Waals surface area contributed by atoms with E-state index in [-0.39, 0.29) is 5.82 Å². The van der Waals surface area contributed by atoms with Crippen LogP contribution in [0.25, 0.3) is 0 Å². The van der Waals surface area contributed by atoms with Crippen LogP contribution in [0.3, 0.4) is 0 Å². The lowest BCUT2D eigenvalue weighted by molar-refractivity contribution is 0.483. The third kappa shape index (κ3) is 2.29. The molecule has 0 bridgehead atoms. The van der Waals surface area contributed by atoms with Crippen molar-refractivity contribution in [3.05, 3.63) is 40.7 Å². The van der Waals surface area contributed by atoms with Gasteiger partial charge in [0.15, 0.2) is 5.82 Å². The van der Waals surface area contributed by atoms with E-state index in [1.54, 1.807) is 30.3 Å². The minimum atomic E-state index is -4.59. The Morgan fingerprint density at radius 2 is 1.89 bits per heavy atom. The minimum absolute atomic E-state index is 0.0197. The van der Waals surface area contributed by atoms with E-state index in [1.807, 2.05) is 0 Å². The van der Waals surface area contributed by atoms with E-state index >= 15 is 0 Å². The highest BCUT2D eigenvalue weighted by Gasteiger charge is 2.24. The molecule has 1 heterocycles. The maximum Gasteiger partial charge on any atom is 0.303 e. The van der Waals surface area contributed by atoms with E-state index < -0.39 is 20.6 Å². The SMILES string of the molecule is Cn1[nH]c(=O)c(S(=O)(=O)O)c1Nc1ccccc1. The molecule has 0 aliphatic rings. The summed E-state index contributed by atoms with van der Waals surface area (Å²) < 4.78 is 32.6. The topological polar surface area (TPSA) is 104 Å². The molecule has 0 unspecified atom stereocenters. The van der Waals surface area contributed by atoms with Crippen molar-refractivity contribution in [1.29, 1.82) is 0 Å². The molecule has 0 radical (unpaired) electrons.